The van der Waals surface area contributed by atoms with Gasteiger partial charge in [-0.1, -0.05) is 43.6 Å². The van der Waals surface area contributed by atoms with Gasteiger partial charge in [-0.05, 0) is 55.0 Å². The third kappa shape index (κ3) is 4.44. The van der Waals surface area contributed by atoms with E-state index >= 15 is 0 Å². The van der Waals surface area contributed by atoms with Gasteiger partial charge in [-0.3, -0.25) is 9.59 Å². The summed E-state index contributed by atoms with van der Waals surface area (Å²) in [6.07, 6.45) is 6.13. The van der Waals surface area contributed by atoms with Gasteiger partial charge in [0, 0.05) is 23.7 Å². The second kappa shape index (κ2) is 8.71. The van der Waals surface area contributed by atoms with E-state index in [4.69, 9.17) is 11.6 Å². The first-order chi connectivity index (χ1) is 14.9. The molecule has 6 nitrogen and oxygen atoms in total. The number of rotatable bonds is 7. The van der Waals surface area contributed by atoms with E-state index in [2.05, 4.69) is 15.7 Å². The quantitative estimate of drug-likeness (QED) is 0.580. The van der Waals surface area contributed by atoms with Crippen LogP contribution in [0.25, 0.3) is 5.52 Å². The molecule has 7 heteroatoms. The van der Waals surface area contributed by atoms with Crippen molar-refractivity contribution in [3.63, 3.8) is 0 Å². The fourth-order valence-electron chi connectivity index (χ4n) is 4.06. The maximum Gasteiger partial charge on any atom is 0.255 e. The number of benzene rings is 1. The number of amides is 2. The van der Waals surface area contributed by atoms with Crippen molar-refractivity contribution in [2.45, 2.75) is 44.6 Å². The molecule has 4 rings (SSSR count). The monoisotopic (exact) mass is 438 g/mol. The molecule has 2 unspecified atom stereocenters. The van der Waals surface area contributed by atoms with Crippen molar-refractivity contribution < 1.29 is 9.59 Å². The van der Waals surface area contributed by atoms with Crippen LogP contribution in [0.15, 0.2) is 54.9 Å². The van der Waals surface area contributed by atoms with Crippen molar-refractivity contribution in [1.82, 2.24) is 20.2 Å². The average molecular weight is 439 g/mol. The summed E-state index contributed by atoms with van der Waals surface area (Å²) in [5, 5.41) is 11.1. The summed E-state index contributed by atoms with van der Waals surface area (Å²) in [4.78, 5) is 25.8. The first-order valence-electron chi connectivity index (χ1n) is 10.7. The molecule has 0 saturated heterocycles. The van der Waals surface area contributed by atoms with E-state index in [-0.39, 0.29) is 29.2 Å². The van der Waals surface area contributed by atoms with Gasteiger partial charge in [0.15, 0.2) is 0 Å². The van der Waals surface area contributed by atoms with Crippen LogP contribution in [0.5, 0.6) is 0 Å². The molecule has 2 amide bonds. The molecule has 1 saturated carbocycles. The molecule has 0 aliphatic heterocycles. The third-order valence-electron chi connectivity index (χ3n) is 6.52. The third-order valence-corrected chi connectivity index (χ3v) is 6.77. The Morgan fingerprint density at radius 1 is 1.16 bits per heavy atom. The molecule has 162 valence electrons. The zero-order chi connectivity index (χ0) is 22.0. The van der Waals surface area contributed by atoms with E-state index in [1.54, 1.807) is 10.7 Å². The van der Waals surface area contributed by atoms with Crippen LogP contribution in [0.4, 0.5) is 0 Å². The van der Waals surface area contributed by atoms with E-state index in [1.165, 1.54) is 0 Å². The molecule has 2 N–H and O–H groups in total. The largest absolute Gasteiger partial charge is 0.350 e. The Hall–Kier alpha value is -2.86. The number of halogens is 1. The maximum atomic E-state index is 13.0. The first-order valence-corrected chi connectivity index (χ1v) is 11.0. The van der Waals surface area contributed by atoms with Gasteiger partial charge in [-0.15, -0.1) is 0 Å². The van der Waals surface area contributed by atoms with Crippen LogP contribution in [0.2, 0.25) is 5.02 Å². The summed E-state index contributed by atoms with van der Waals surface area (Å²) in [6, 6.07) is 13.2. The molecule has 1 fully saturated rings. The van der Waals surface area contributed by atoms with Gasteiger partial charge >= 0.3 is 0 Å². The average Bonchev–Trinajstić information content (AvgIpc) is 3.19. The van der Waals surface area contributed by atoms with Gasteiger partial charge in [0.05, 0.1) is 22.8 Å². The SMILES string of the molecule is CC(C(=O)NC1(CNC(=O)c2cnn3ccccc23)CCC1)C(C)c1ccc(Cl)cc1. The molecule has 0 bridgehead atoms. The number of carbonyl (C=O) groups excluding carboxylic acids is 2. The lowest BCUT2D eigenvalue weighted by molar-refractivity contribution is -0.128. The summed E-state index contributed by atoms with van der Waals surface area (Å²) < 4.78 is 1.68. The second-order valence-corrected chi connectivity index (χ2v) is 8.96. The topological polar surface area (TPSA) is 75.5 Å². The van der Waals surface area contributed by atoms with Crippen LogP contribution >= 0.6 is 11.6 Å². The molecule has 0 spiro atoms. The number of nitrogens with zero attached hydrogens (tertiary/aromatic N) is 2. The van der Waals surface area contributed by atoms with Crippen molar-refractivity contribution in [2.24, 2.45) is 5.92 Å². The highest BCUT2D eigenvalue weighted by Crippen LogP contribution is 2.33. The Kier molecular flexibility index (Phi) is 6.01. The number of pyridine rings is 1. The zero-order valence-corrected chi connectivity index (χ0v) is 18.5. The highest BCUT2D eigenvalue weighted by Gasteiger charge is 2.40. The van der Waals surface area contributed by atoms with E-state index in [0.29, 0.717) is 17.1 Å². The minimum atomic E-state index is -0.385. The standard InChI is InChI=1S/C24H27ClN4O2/c1-16(18-7-9-19(25)10-8-18)17(2)22(30)28-24(11-5-12-24)15-26-23(31)20-14-27-29-13-4-3-6-21(20)29/h3-4,6-10,13-14,16-17H,5,11-12,15H2,1-2H3,(H,26,31)(H,28,30). The number of fused-ring (bicyclic) bond motifs is 1. The Labute approximate surface area is 187 Å². The Morgan fingerprint density at radius 2 is 1.90 bits per heavy atom. The van der Waals surface area contributed by atoms with Crippen molar-refractivity contribution in [3.8, 4) is 0 Å². The van der Waals surface area contributed by atoms with Crippen molar-refractivity contribution in [1.29, 1.82) is 0 Å². The minimum Gasteiger partial charge on any atom is -0.350 e. The highest BCUT2D eigenvalue weighted by atomic mass is 35.5. The zero-order valence-electron chi connectivity index (χ0n) is 17.8. The minimum absolute atomic E-state index is 0.00684. The summed E-state index contributed by atoms with van der Waals surface area (Å²) >= 11 is 5.98. The van der Waals surface area contributed by atoms with Crippen LogP contribution in [0, 0.1) is 5.92 Å². The Bertz CT molecular complexity index is 1090. The lowest BCUT2D eigenvalue weighted by atomic mass is 9.75. The van der Waals surface area contributed by atoms with Crippen LogP contribution in [0.1, 0.15) is 54.9 Å². The van der Waals surface area contributed by atoms with Crippen LogP contribution in [0.3, 0.4) is 0 Å². The lowest BCUT2D eigenvalue weighted by Gasteiger charge is -2.43. The normalized spacial score (nSPS) is 16.9. The van der Waals surface area contributed by atoms with Crippen molar-refractivity contribution in [2.75, 3.05) is 6.54 Å². The van der Waals surface area contributed by atoms with Crippen LogP contribution < -0.4 is 10.6 Å². The van der Waals surface area contributed by atoms with E-state index < -0.39 is 0 Å². The number of hydrogen-bond acceptors (Lipinski definition) is 3. The van der Waals surface area contributed by atoms with Gasteiger partial charge < -0.3 is 10.6 Å². The molecule has 2 heterocycles. The summed E-state index contributed by atoms with van der Waals surface area (Å²) in [5.41, 5.74) is 1.99. The number of hydrogen-bond donors (Lipinski definition) is 2. The van der Waals surface area contributed by atoms with Gasteiger partial charge in [-0.25, -0.2) is 4.52 Å². The van der Waals surface area contributed by atoms with Crippen molar-refractivity contribution >= 4 is 28.9 Å². The molecule has 1 aliphatic carbocycles. The molecule has 1 aliphatic rings. The first kappa shape index (κ1) is 21.4. The van der Waals surface area contributed by atoms with Gasteiger partial charge in [0.2, 0.25) is 5.91 Å². The molecule has 2 aromatic heterocycles. The fraction of sp³-hybridized carbons (Fsp3) is 0.375. The molecule has 3 aromatic rings. The molecule has 31 heavy (non-hydrogen) atoms. The second-order valence-electron chi connectivity index (χ2n) is 8.52. The van der Waals surface area contributed by atoms with Gasteiger partial charge in [0.1, 0.15) is 0 Å². The van der Waals surface area contributed by atoms with Gasteiger partial charge in [0.25, 0.3) is 5.91 Å². The molecular weight excluding hydrogens is 412 g/mol. The Morgan fingerprint density at radius 3 is 2.58 bits per heavy atom. The number of aromatic nitrogens is 2. The van der Waals surface area contributed by atoms with Gasteiger partial charge in [-0.2, -0.15) is 5.10 Å². The summed E-state index contributed by atoms with van der Waals surface area (Å²) in [7, 11) is 0. The molecule has 1 aromatic carbocycles. The summed E-state index contributed by atoms with van der Waals surface area (Å²) in [6.45, 7) is 4.40. The van der Waals surface area contributed by atoms with E-state index in [1.807, 2.05) is 62.5 Å². The number of nitrogens with one attached hydrogen (secondary N) is 2. The lowest BCUT2D eigenvalue weighted by Crippen LogP contribution is -2.60. The predicted molar refractivity (Wildman–Crippen MR) is 121 cm³/mol. The summed E-state index contributed by atoms with van der Waals surface area (Å²) in [5.74, 6) is -0.312. The number of carbonyl (C=O) groups is 2. The Balaban J connectivity index is 1.39. The highest BCUT2D eigenvalue weighted by molar-refractivity contribution is 6.30. The smallest absolute Gasteiger partial charge is 0.255 e. The fourth-order valence-corrected chi connectivity index (χ4v) is 4.19. The van der Waals surface area contributed by atoms with E-state index in [9.17, 15) is 9.59 Å². The molecular formula is C24H27ClN4O2. The molecule has 0 radical (unpaired) electrons. The van der Waals surface area contributed by atoms with Crippen molar-refractivity contribution in [3.05, 3.63) is 71.0 Å². The van der Waals surface area contributed by atoms with Crippen LogP contribution in [-0.2, 0) is 4.79 Å². The molecule has 2 atom stereocenters. The van der Waals surface area contributed by atoms with Crippen LogP contribution in [-0.4, -0.2) is 33.5 Å². The predicted octanol–water partition coefficient (Wildman–Crippen LogP) is 4.20. The maximum absolute atomic E-state index is 13.0. The van der Waals surface area contributed by atoms with E-state index in [0.717, 1.165) is 30.3 Å².